The van der Waals surface area contributed by atoms with E-state index in [1.165, 1.54) is 5.56 Å². The molecule has 0 unspecified atom stereocenters. The quantitative estimate of drug-likeness (QED) is 0.876. The molecule has 0 saturated carbocycles. The Morgan fingerprint density at radius 3 is 2.30 bits per heavy atom. The molecule has 3 nitrogen and oxygen atoms in total. The van der Waals surface area contributed by atoms with Gasteiger partial charge in [-0.1, -0.05) is 25.1 Å². The van der Waals surface area contributed by atoms with E-state index in [0.29, 0.717) is 13.2 Å². The molecule has 20 heavy (non-hydrogen) atoms. The van der Waals surface area contributed by atoms with Crippen LogP contribution < -0.4 is 15.2 Å². The number of ether oxygens (including phenoxy) is 2. The maximum Gasteiger partial charge on any atom is 0.123 e. The minimum Gasteiger partial charge on any atom is -0.496 e. The van der Waals surface area contributed by atoms with Gasteiger partial charge in [0.05, 0.1) is 7.11 Å². The summed E-state index contributed by atoms with van der Waals surface area (Å²) in [4.78, 5) is 0. The molecule has 0 spiro atoms. The third-order valence-corrected chi connectivity index (χ3v) is 3.30. The number of methoxy groups -OCH3 is 1. The number of rotatable bonds is 6. The predicted molar refractivity (Wildman–Crippen MR) is 81.0 cm³/mol. The molecule has 0 bridgehead atoms. The van der Waals surface area contributed by atoms with E-state index >= 15 is 0 Å². The van der Waals surface area contributed by atoms with Crippen molar-refractivity contribution in [3.05, 3.63) is 59.2 Å². The van der Waals surface area contributed by atoms with Gasteiger partial charge in [0, 0.05) is 12.1 Å². The molecular formula is C17H21NO2. The average molecular weight is 271 g/mol. The molecule has 3 heteroatoms. The van der Waals surface area contributed by atoms with Gasteiger partial charge in [0.25, 0.3) is 0 Å². The normalized spacial score (nSPS) is 10.3. The van der Waals surface area contributed by atoms with Crippen molar-refractivity contribution in [3.8, 4) is 11.5 Å². The Morgan fingerprint density at radius 1 is 1.00 bits per heavy atom. The van der Waals surface area contributed by atoms with Crippen LogP contribution in [-0.2, 0) is 19.6 Å². The first-order valence-electron chi connectivity index (χ1n) is 6.84. The van der Waals surface area contributed by atoms with Crippen molar-refractivity contribution < 1.29 is 9.47 Å². The summed E-state index contributed by atoms with van der Waals surface area (Å²) in [7, 11) is 1.65. The SMILES string of the molecule is CCc1ccc(OCc2ccc(OC)c(CN)c2)cc1. The van der Waals surface area contributed by atoms with Crippen molar-refractivity contribution in [3.63, 3.8) is 0 Å². The molecule has 2 aromatic rings. The Morgan fingerprint density at radius 2 is 1.70 bits per heavy atom. The molecule has 0 saturated heterocycles. The van der Waals surface area contributed by atoms with E-state index in [0.717, 1.165) is 29.0 Å². The number of nitrogens with two attached hydrogens (primary N) is 1. The predicted octanol–water partition coefficient (Wildman–Crippen LogP) is 3.30. The van der Waals surface area contributed by atoms with Crippen LogP contribution in [0.15, 0.2) is 42.5 Å². The van der Waals surface area contributed by atoms with Gasteiger partial charge in [-0.3, -0.25) is 0 Å². The van der Waals surface area contributed by atoms with Gasteiger partial charge in [-0.05, 0) is 41.8 Å². The molecule has 106 valence electrons. The third kappa shape index (κ3) is 3.52. The largest absolute Gasteiger partial charge is 0.496 e. The van der Waals surface area contributed by atoms with E-state index in [1.54, 1.807) is 7.11 Å². The monoisotopic (exact) mass is 271 g/mol. The van der Waals surface area contributed by atoms with Crippen LogP contribution in [0.1, 0.15) is 23.6 Å². The number of aryl methyl sites for hydroxylation is 1. The van der Waals surface area contributed by atoms with Gasteiger partial charge in [-0.2, -0.15) is 0 Å². The third-order valence-electron chi connectivity index (χ3n) is 3.30. The molecule has 0 aromatic heterocycles. The molecule has 2 N–H and O–H groups in total. The minimum atomic E-state index is 0.461. The second-order valence-electron chi connectivity index (χ2n) is 4.64. The van der Waals surface area contributed by atoms with Crippen LogP contribution in [0.3, 0.4) is 0 Å². The minimum absolute atomic E-state index is 0.461. The fraction of sp³-hybridized carbons (Fsp3) is 0.294. The lowest BCUT2D eigenvalue weighted by Gasteiger charge is -2.10. The van der Waals surface area contributed by atoms with Gasteiger partial charge >= 0.3 is 0 Å². The molecule has 0 aliphatic heterocycles. The lowest BCUT2D eigenvalue weighted by Crippen LogP contribution is -2.02. The van der Waals surface area contributed by atoms with E-state index < -0.39 is 0 Å². The Balaban J connectivity index is 2.02. The van der Waals surface area contributed by atoms with Crippen LogP contribution in [-0.4, -0.2) is 7.11 Å². The van der Waals surface area contributed by atoms with Crippen molar-refractivity contribution >= 4 is 0 Å². The van der Waals surface area contributed by atoms with Gasteiger partial charge in [0.2, 0.25) is 0 Å². The summed E-state index contributed by atoms with van der Waals surface area (Å²) < 4.78 is 11.0. The summed E-state index contributed by atoms with van der Waals surface area (Å²) in [5.74, 6) is 1.70. The number of hydrogen-bond donors (Lipinski definition) is 1. The standard InChI is InChI=1S/C17H21NO2/c1-3-13-4-7-16(8-5-13)20-12-14-6-9-17(19-2)15(10-14)11-18/h4-10H,3,11-12,18H2,1-2H3. The number of benzene rings is 2. The van der Waals surface area contributed by atoms with Crippen LogP contribution in [0.5, 0.6) is 11.5 Å². The second-order valence-corrected chi connectivity index (χ2v) is 4.64. The Kier molecular flexibility index (Phi) is 5.02. The maximum atomic E-state index is 5.78. The zero-order valence-corrected chi connectivity index (χ0v) is 12.1. The first-order valence-corrected chi connectivity index (χ1v) is 6.84. The summed E-state index contributed by atoms with van der Waals surface area (Å²) in [5.41, 5.74) is 9.11. The van der Waals surface area contributed by atoms with Gasteiger partial charge < -0.3 is 15.2 Å². The van der Waals surface area contributed by atoms with Crippen LogP contribution >= 0.6 is 0 Å². The molecular weight excluding hydrogens is 250 g/mol. The Bertz CT molecular complexity index is 549. The number of hydrogen-bond acceptors (Lipinski definition) is 3. The topological polar surface area (TPSA) is 44.5 Å². The van der Waals surface area contributed by atoms with Crippen molar-refractivity contribution in [1.82, 2.24) is 0 Å². The molecule has 0 radical (unpaired) electrons. The van der Waals surface area contributed by atoms with Crippen LogP contribution in [0.25, 0.3) is 0 Å². The summed E-state index contributed by atoms with van der Waals surface area (Å²) in [6.07, 6.45) is 1.04. The van der Waals surface area contributed by atoms with Gasteiger partial charge in [0.15, 0.2) is 0 Å². The van der Waals surface area contributed by atoms with Crippen molar-refractivity contribution in [2.24, 2.45) is 5.73 Å². The average Bonchev–Trinajstić information content (AvgIpc) is 2.53. The van der Waals surface area contributed by atoms with Crippen molar-refractivity contribution in [1.29, 1.82) is 0 Å². The summed E-state index contributed by atoms with van der Waals surface area (Å²) >= 11 is 0. The highest BCUT2D eigenvalue weighted by molar-refractivity contribution is 5.37. The van der Waals surface area contributed by atoms with Gasteiger partial charge in [-0.25, -0.2) is 0 Å². The maximum absolute atomic E-state index is 5.78. The zero-order chi connectivity index (χ0) is 14.4. The fourth-order valence-corrected chi connectivity index (χ4v) is 2.07. The van der Waals surface area contributed by atoms with Crippen molar-refractivity contribution in [2.75, 3.05) is 7.11 Å². The van der Waals surface area contributed by atoms with Gasteiger partial charge in [-0.15, -0.1) is 0 Å². The van der Waals surface area contributed by atoms with Crippen LogP contribution in [0.4, 0.5) is 0 Å². The highest BCUT2D eigenvalue weighted by Gasteiger charge is 2.03. The summed E-state index contributed by atoms with van der Waals surface area (Å²) in [5, 5.41) is 0. The highest BCUT2D eigenvalue weighted by atomic mass is 16.5. The lowest BCUT2D eigenvalue weighted by molar-refractivity contribution is 0.305. The molecule has 0 aliphatic rings. The smallest absolute Gasteiger partial charge is 0.123 e. The molecule has 0 aliphatic carbocycles. The lowest BCUT2D eigenvalue weighted by atomic mass is 10.1. The fourth-order valence-electron chi connectivity index (χ4n) is 2.07. The van der Waals surface area contributed by atoms with E-state index in [4.69, 9.17) is 15.2 Å². The first-order chi connectivity index (χ1) is 9.76. The summed E-state index contributed by atoms with van der Waals surface area (Å²) in [6.45, 7) is 3.13. The Hall–Kier alpha value is -2.00. The van der Waals surface area contributed by atoms with E-state index in [2.05, 4.69) is 19.1 Å². The first kappa shape index (κ1) is 14.4. The van der Waals surface area contributed by atoms with E-state index in [9.17, 15) is 0 Å². The molecule has 2 rings (SSSR count). The zero-order valence-electron chi connectivity index (χ0n) is 12.1. The highest BCUT2D eigenvalue weighted by Crippen LogP contribution is 2.21. The molecule has 2 aromatic carbocycles. The molecule has 0 amide bonds. The van der Waals surface area contributed by atoms with E-state index in [-0.39, 0.29) is 0 Å². The second kappa shape index (κ2) is 6.96. The van der Waals surface area contributed by atoms with Crippen LogP contribution in [0.2, 0.25) is 0 Å². The summed E-state index contributed by atoms with van der Waals surface area (Å²) in [6, 6.07) is 14.2. The van der Waals surface area contributed by atoms with Gasteiger partial charge in [0.1, 0.15) is 18.1 Å². The molecule has 0 atom stereocenters. The Labute approximate surface area is 120 Å². The molecule has 0 heterocycles. The molecule has 0 fully saturated rings. The van der Waals surface area contributed by atoms with Crippen molar-refractivity contribution in [2.45, 2.75) is 26.5 Å². The van der Waals surface area contributed by atoms with Crippen LogP contribution in [0, 0.1) is 0 Å². The van der Waals surface area contributed by atoms with E-state index in [1.807, 2.05) is 30.3 Å².